The van der Waals surface area contributed by atoms with Gasteiger partial charge in [-0.2, -0.15) is 0 Å². The minimum atomic E-state index is 0.909. The second kappa shape index (κ2) is 13.2. The topological polar surface area (TPSA) is 13.1 Å². The summed E-state index contributed by atoms with van der Waals surface area (Å²) in [6.45, 7) is 4.44. The van der Waals surface area contributed by atoms with Crippen molar-refractivity contribution in [2.75, 3.05) is 0 Å². The van der Waals surface area contributed by atoms with E-state index in [2.05, 4.69) is 208 Å². The van der Waals surface area contributed by atoms with Crippen molar-refractivity contribution in [2.24, 2.45) is 0 Å². The lowest BCUT2D eigenvalue weighted by Gasteiger charge is -2.19. The summed E-state index contributed by atoms with van der Waals surface area (Å²) in [4.78, 5) is 0. The van der Waals surface area contributed by atoms with Crippen LogP contribution < -0.4 is 0 Å². The number of para-hydroxylation sites is 1. The lowest BCUT2D eigenvalue weighted by molar-refractivity contribution is 0.670. The molecule has 0 aliphatic carbocycles. The minimum Gasteiger partial charge on any atom is -0.455 e. The molecule has 0 saturated carbocycles. The summed E-state index contributed by atoms with van der Waals surface area (Å²) in [5.41, 5.74) is 16.4. The Balaban J connectivity index is 1.14. The Bertz CT molecular complexity index is 3320. The van der Waals surface area contributed by atoms with Crippen molar-refractivity contribution in [1.82, 2.24) is 0 Å². The van der Waals surface area contributed by atoms with Crippen LogP contribution in [-0.4, -0.2) is 0 Å². The molecule has 268 valence electrons. The fourth-order valence-corrected chi connectivity index (χ4v) is 9.34. The first kappa shape index (κ1) is 33.1. The van der Waals surface area contributed by atoms with Crippen LogP contribution in [0, 0.1) is 13.8 Å². The first-order valence-corrected chi connectivity index (χ1v) is 19.8. The van der Waals surface area contributed by atoms with Gasteiger partial charge in [-0.1, -0.05) is 170 Å². The second-order valence-corrected chi connectivity index (χ2v) is 15.2. The van der Waals surface area contributed by atoms with Crippen molar-refractivity contribution in [3.8, 4) is 55.6 Å². The maximum Gasteiger partial charge on any atom is 0.143 e. The highest BCUT2D eigenvalue weighted by atomic mass is 16.3. The van der Waals surface area contributed by atoms with E-state index in [0.717, 1.165) is 27.7 Å². The molecule has 11 aromatic rings. The Morgan fingerprint density at radius 2 is 0.807 bits per heavy atom. The van der Waals surface area contributed by atoms with Crippen LogP contribution in [0.1, 0.15) is 11.1 Å². The number of benzene rings is 10. The van der Waals surface area contributed by atoms with Gasteiger partial charge in [0.1, 0.15) is 11.2 Å². The van der Waals surface area contributed by atoms with Crippen LogP contribution in [0.25, 0.3) is 110 Å². The van der Waals surface area contributed by atoms with Crippen LogP contribution in [0.3, 0.4) is 0 Å². The number of hydrogen-bond acceptors (Lipinski definition) is 1. The zero-order valence-electron chi connectivity index (χ0n) is 31.9. The molecule has 0 amide bonds. The van der Waals surface area contributed by atoms with Crippen molar-refractivity contribution < 1.29 is 4.42 Å². The number of rotatable bonds is 5. The Morgan fingerprint density at radius 1 is 0.333 bits per heavy atom. The highest BCUT2D eigenvalue weighted by Crippen LogP contribution is 2.47. The highest BCUT2D eigenvalue weighted by Gasteiger charge is 2.21. The average molecular weight is 727 g/mol. The van der Waals surface area contributed by atoms with Crippen LogP contribution in [0.4, 0.5) is 0 Å². The molecule has 1 heteroatoms. The quantitative estimate of drug-likeness (QED) is 0.161. The van der Waals surface area contributed by atoms with Crippen LogP contribution in [0.15, 0.2) is 199 Å². The van der Waals surface area contributed by atoms with Crippen molar-refractivity contribution >= 4 is 54.3 Å². The molecule has 0 unspecified atom stereocenters. The van der Waals surface area contributed by atoms with E-state index in [-0.39, 0.29) is 0 Å². The fourth-order valence-electron chi connectivity index (χ4n) is 9.34. The molecule has 0 radical (unpaired) electrons. The summed E-state index contributed by atoms with van der Waals surface area (Å²) in [5, 5.41) is 9.79. The number of aryl methyl sites for hydroxylation is 2. The van der Waals surface area contributed by atoms with Crippen molar-refractivity contribution in [3.63, 3.8) is 0 Å². The highest BCUT2D eigenvalue weighted by molar-refractivity contribution is 6.22. The van der Waals surface area contributed by atoms with E-state index in [1.165, 1.54) is 93.3 Å². The molecule has 0 bridgehead atoms. The Labute approximate surface area is 332 Å². The van der Waals surface area contributed by atoms with E-state index in [9.17, 15) is 0 Å². The maximum absolute atomic E-state index is 6.76. The van der Waals surface area contributed by atoms with E-state index >= 15 is 0 Å². The molecule has 0 aliphatic heterocycles. The van der Waals surface area contributed by atoms with E-state index in [1.54, 1.807) is 0 Å². The van der Waals surface area contributed by atoms with Crippen LogP contribution in [-0.2, 0) is 0 Å². The molecule has 0 fully saturated rings. The van der Waals surface area contributed by atoms with E-state index in [0.29, 0.717) is 0 Å². The van der Waals surface area contributed by atoms with Gasteiger partial charge < -0.3 is 4.42 Å². The van der Waals surface area contributed by atoms with Gasteiger partial charge in [0.05, 0.1) is 0 Å². The molecule has 10 aromatic carbocycles. The smallest absolute Gasteiger partial charge is 0.143 e. The standard InChI is InChI=1S/C56H38O/c1-35-16-3-5-23-42(35)50-34-51(56-53(36(50)2)49-29-11-12-31-52(49)57-56)39-20-14-22-41(33-39)55-47-27-9-7-25-45(47)54(46-26-8-10-28-48(46)55)40-21-13-19-38(32-40)44-30-15-18-37-17-4-6-24-43(37)44/h3-34H,1-2H3. The van der Waals surface area contributed by atoms with E-state index in [1.807, 2.05) is 0 Å². The normalized spacial score (nSPS) is 11.7. The van der Waals surface area contributed by atoms with Crippen molar-refractivity contribution in [2.45, 2.75) is 13.8 Å². The Kier molecular flexibility index (Phi) is 7.69. The van der Waals surface area contributed by atoms with Crippen LogP contribution >= 0.6 is 0 Å². The van der Waals surface area contributed by atoms with E-state index < -0.39 is 0 Å². The van der Waals surface area contributed by atoms with Crippen molar-refractivity contribution in [1.29, 1.82) is 0 Å². The molecule has 1 heterocycles. The molecular formula is C56H38O. The summed E-state index contributed by atoms with van der Waals surface area (Å²) in [6, 6.07) is 70.8. The van der Waals surface area contributed by atoms with Gasteiger partial charge in [-0.25, -0.2) is 0 Å². The minimum absolute atomic E-state index is 0.909. The summed E-state index contributed by atoms with van der Waals surface area (Å²) in [6.07, 6.45) is 0. The predicted molar refractivity (Wildman–Crippen MR) is 243 cm³/mol. The van der Waals surface area contributed by atoms with Gasteiger partial charge in [0.2, 0.25) is 0 Å². The van der Waals surface area contributed by atoms with Gasteiger partial charge in [-0.3, -0.25) is 0 Å². The molecule has 0 spiro atoms. The average Bonchev–Trinajstić information content (AvgIpc) is 3.66. The van der Waals surface area contributed by atoms with Gasteiger partial charge in [0.15, 0.2) is 0 Å². The summed E-state index contributed by atoms with van der Waals surface area (Å²) in [7, 11) is 0. The van der Waals surface area contributed by atoms with Crippen molar-refractivity contribution in [3.05, 3.63) is 205 Å². The third kappa shape index (κ3) is 5.31. The number of hydrogen-bond donors (Lipinski definition) is 0. The number of fused-ring (bicyclic) bond motifs is 6. The van der Waals surface area contributed by atoms with Gasteiger partial charge in [-0.05, 0) is 132 Å². The van der Waals surface area contributed by atoms with E-state index in [4.69, 9.17) is 4.42 Å². The molecule has 0 atom stereocenters. The zero-order valence-corrected chi connectivity index (χ0v) is 31.9. The summed E-state index contributed by atoms with van der Waals surface area (Å²) in [5.74, 6) is 0. The molecule has 0 aliphatic rings. The zero-order chi connectivity index (χ0) is 38.0. The lowest BCUT2D eigenvalue weighted by atomic mass is 9.84. The van der Waals surface area contributed by atoms with Crippen LogP contribution in [0.2, 0.25) is 0 Å². The molecule has 57 heavy (non-hydrogen) atoms. The van der Waals surface area contributed by atoms with Gasteiger partial charge in [-0.15, -0.1) is 0 Å². The molecule has 0 N–H and O–H groups in total. The first-order valence-electron chi connectivity index (χ1n) is 19.8. The monoisotopic (exact) mass is 726 g/mol. The number of furan rings is 1. The third-order valence-corrected chi connectivity index (χ3v) is 12.0. The maximum atomic E-state index is 6.76. The second-order valence-electron chi connectivity index (χ2n) is 15.2. The fraction of sp³-hybridized carbons (Fsp3) is 0.0357. The van der Waals surface area contributed by atoms with Gasteiger partial charge >= 0.3 is 0 Å². The summed E-state index contributed by atoms with van der Waals surface area (Å²) >= 11 is 0. The molecule has 11 rings (SSSR count). The Hall–Kier alpha value is -7.22. The SMILES string of the molecule is Cc1ccccc1-c1cc(-c2cccc(-c3c4ccccc4c(-c4cccc(-c5cccc6ccccc56)c4)c4ccccc34)c2)c2oc3ccccc3c2c1C. The third-order valence-electron chi connectivity index (χ3n) is 12.0. The van der Waals surface area contributed by atoms with Gasteiger partial charge in [0.25, 0.3) is 0 Å². The first-order chi connectivity index (χ1) is 28.1. The largest absolute Gasteiger partial charge is 0.455 e. The predicted octanol–water partition coefficient (Wildman–Crippen LogP) is 16.0. The lowest BCUT2D eigenvalue weighted by Crippen LogP contribution is -1.93. The molecular weight excluding hydrogens is 689 g/mol. The molecule has 1 aromatic heterocycles. The van der Waals surface area contributed by atoms with Crippen LogP contribution in [0.5, 0.6) is 0 Å². The van der Waals surface area contributed by atoms with Gasteiger partial charge in [0, 0.05) is 16.3 Å². The molecule has 1 nitrogen and oxygen atoms in total. The molecule has 0 saturated heterocycles. The Morgan fingerprint density at radius 3 is 1.46 bits per heavy atom. The summed E-state index contributed by atoms with van der Waals surface area (Å²) < 4.78 is 6.76.